The van der Waals surface area contributed by atoms with Crippen LogP contribution in [0, 0.1) is 0 Å². The number of para-hydroxylation sites is 1. The van der Waals surface area contributed by atoms with Gasteiger partial charge in [-0.15, -0.1) is 11.3 Å². The highest BCUT2D eigenvalue weighted by Gasteiger charge is 2.40. The van der Waals surface area contributed by atoms with Crippen LogP contribution in [-0.2, 0) is 10.2 Å². The highest BCUT2D eigenvalue weighted by Crippen LogP contribution is 2.38. The number of piperidine rings is 2. The third kappa shape index (κ3) is 3.23. The molecule has 136 valence electrons. The first-order valence-corrected chi connectivity index (χ1v) is 11.4. The van der Waals surface area contributed by atoms with Crippen LogP contribution in [0.1, 0.15) is 56.5 Å². The lowest BCUT2D eigenvalue weighted by Crippen LogP contribution is -2.51. The molecule has 7 heteroatoms. The standard InChI is InChI=1S/C18H25N3O2S2/c1-14-8-4-6-12-20(14)25(22,23)21-13-7-5-10-16(21)18-19-15-9-2-3-11-17(15)24-18/h2-3,9,11,14,16H,4-8,10,12-13H2,1H3/t14-,16+/m1/s1. The summed E-state index contributed by atoms with van der Waals surface area (Å²) >= 11 is 1.64. The van der Waals surface area contributed by atoms with Crippen molar-refractivity contribution >= 4 is 31.8 Å². The first-order chi connectivity index (χ1) is 12.1. The van der Waals surface area contributed by atoms with E-state index in [1.807, 2.05) is 25.1 Å². The number of thiazole rings is 1. The third-order valence-corrected chi connectivity index (χ3v) is 8.69. The van der Waals surface area contributed by atoms with Crippen molar-refractivity contribution in [3.8, 4) is 0 Å². The minimum Gasteiger partial charge on any atom is -0.239 e. The maximum Gasteiger partial charge on any atom is 0.282 e. The predicted molar refractivity (Wildman–Crippen MR) is 102 cm³/mol. The second-order valence-corrected chi connectivity index (χ2v) is 10.0. The Morgan fingerprint density at radius 2 is 1.76 bits per heavy atom. The lowest BCUT2D eigenvalue weighted by Gasteiger charge is -2.40. The van der Waals surface area contributed by atoms with Crippen molar-refractivity contribution in [1.82, 2.24) is 13.6 Å². The summed E-state index contributed by atoms with van der Waals surface area (Å²) in [7, 11) is -3.44. The lowest BCUT2D eigenvalue weighted by molar-refractivity contribution is 0.203. The maximum atomic E-state index is 13.4. The molecule has 3 heterocycles. The summed E-state index contributed by atoms with van der Waals surface area (Å²) < 4.78 is 31.3. The second-order valence-electron chi connectivity index (χ2n) is 7.11. The Kier molecular flexibility index (Phi) is 4.83. The molecule has 1 aromatic carbocycles. The summed E-state index contributed by atoms with van der Waals surface area (Å²) in [4.78, 5) is 4.76. The molecule has 2 atom stereocenters. The van der Waals surface area contributed by atoms with Crippen LogP contribution in [0.15, 0.2) is 24.3 Å². The second kappa shape index (κ2) is 6.95. The first kappa shape index (κ1) is 17.4. The Hall–Kier alpha value is -1.02. The zero-order valence-electron chi connectivity index (χ0n) is 14.6. The van der Waals surface area contributed by atoms with E-state index in [1.54, 1.807) is 19.9 Å². The third-order valence-electron chi connectivity index (χ3n) is 5.38. The number of hydrogen-bond acceptors (Lipinski definition) is 4. The average Bonchev–Trinajstić information content (AvgIpc) is 3.06. The summed E-state index contributed by atoms with van der Waals surface area (Å²) in [6, 6.07) is 8.03. The fourth-order valence-corrected chi connectivity index (χ4v) is 7.27. The number of benzene rings is 1. The normalized spacial score (nSPS) is 26.9. The van der Waals surface area contributed by atoms with Crippen LogP contribution in [0.4, 0.5) is 0 Å². The maximum absolute atomic E-state index is 13.4. The van der Waals surface area contributed by atoms with E-state index in [0.717, 1.165) is 53.7 Å². The molecule has 2 fully saturated rings. The van der Waals surface area contributed by atoms with Crippen molar-refractivity contribution in [2.45, 2.75) is 57.5 Å². The van der Waals surface area contributed by atoms with Gasteiger partial charge in [-0.05, 0) is 44.7 Å². The van der Waals surface area contributed by atoms with E-state index in [1.165, 1.54) is 0 Å². The molecule has 4 rings (SSSR count). The molecule has 0 bridgehead atoms. The van der Waals surface area contributed by atoms with E-state index in [0.29, 0.717) is 13.1 Å². The van der Waals surface area contributed by atoms with Crippen LogP contribution < -0.4 is 0 Å². The van der Waals surface area contributed by atoms with Gasteiger partial charge in [0.1, 0.15) is 5.01 Å². The van der Waals surface area contributed by atoms with Crippen LogP contribution in [0.3, 0.4) is 0 Å². The molecule has 5 nitrogen and oxygen atoms in total. The van der Waals surface area contributed by atoms with Crippen molar-refractivity contribution in [3.63, 3.8) is 0 Å². The van der Waals surface area contributed by atoms with Crippen molar-refractivity contribution in [3.05, 3.63) is 29.3 Å². The molecule has 0 radical (unpaired) electrons. The van der Waals surface area contributed by atoms with Gasteiger partial charge >= 0.3 is 0 Å². The van der Waals surface area contributed by atoms with Crippen LogP contribution in [0.2, 0.25) is 0 Å². The van der Waals surface area contributed by atoms with Crippen molar-refractivity contribution in [2.24, 2.45) is 0 Å². The van der Waals surface area contributed by atoms with Gasteiger partial charge in [0.25, 0.3) is 10.2 Å². The van der Waals surface area contributed by atoms with Gasteiger partial charge in [0.2, 0.25) is 0 Å². The van der Waals surface area contributed by atoms with E-state index in [4.69, 9.17) is 4.98 Å². The summed E-state index contributed by atoms with van der Waals surface area (Å²) in [6.07, 6.45) is 5.89. The molecule has 2 aliphatic heterocycles. The number of hydrogen-bond donors (Lipinski definition) is 0. The highest BCUT2D eigenvalue weighted by molar-refractivity contribution is 7.86. The molecule has 1 aromatic heterocycles. The van der Waals surface area contributed by atoms with Gasteiger partial charge in [-0.25, -0.2) is 4.98 Å². The first-order valence-electron chi connectivity index (χ1n) is 9.21. The van der Waals surface area contributed by atoms with E-state index >= 15 is 0 Å². The van der Waals surface area contributed by atoms with Gasteiger partial charge in [0.05, 0.1) is 16.3 Å². The quantitative estimate of drug-likeness (QED) is 0.811. The monoisotopic (exact) mass is 379 g/mol. The molecule has 2 aromatic rings. The van der Waals surface area contributed by atoms with Gasteiger partial charge in [-0.2, -0.15) is 17.0 Å². The smallest absolute Gasteiger partial charge is 0.239 e. The molecule has 0 spiro atoms. The molecule has 0 aliphatic carbocycles. The fraction of sp³-hybridized carbons (Fsp3) is 0.611. The molecular formula is C18H25N3O2S2. The van der Waals surface area contributed by atoms with Crippen molar-refractivity contribution in [1.29, 1.82) is 0 Å². The largest absolute Gasteiger partial charge is 0.282 e. The lowest BCUT2D eigenvalue weighted by atomic mass is 10.1. The van der Waals surface area contributed by atoms with E-state index in [-0.39, 0.29) is 12.1 Å². The van der Waals surface area contributed by atoms with Crippen LogP contribution in [0.25, 0.3) is 10.2 Å². The molecule has 2 saturated heterocycles. The summed E-state index contributed by atoms with van der Waals surface area (Å²) in [6.45, 7) is 3.28. The van der Waals surface area contributed by atoms with Gasteiger partial charge in [0.15, 0.2) is 0 Å². The predicted octanol–water partition coefficient (Wildman–Crippen LogP) is 3.94. The van der Waals surface area contributed by atoms with Crippen LogP contribution >= 0.6 is 11.3 Å². The topological polar surface area (TPSA) is 53.5 Å². The minimum absolute atomic E-state index is 0.0942. The zero-order valence-corrected chi connectivity index (χ0v) is 16.2. The Balaban J connectivity index is 1.68. The Bertz CT molecular complexity index is 816. The fourth-order valence-electron chi connectivity index (χ4n) is 4.01. The van der Waals surface area contributed by atoms with Crippen molar-refractivity contribution in [2.75, 3.05) is 13.1 Å². The van der Waals surface area contributed by atoms with Gasteiger partial charge in [-0.1, -0.05) is 25.0 Å². The molecule has 25 heavy (non-hydrogen) atoms. The molecule has 2 aliphatic rings. The van der Waals surface area contributed by atoms with E-state index in [2.05, 4.69) is 6.07 Å². The molecule has 0 N–H and O–H groups in total. The number of aromatic nitrogens is 1. The summed E-state index contributed by atoms with van der Waals surface area (Å²) in [5.41, 5.74) is 0.969. The van der Waals surface area contributed by atoms with E-state index < -0.39 is 10.2 Å². The zero-order chi connectivity index (χ0) is 17.4. The van der Waals surface area contributed by atoms with Gasteiger partial charge in [0, 0.05) is 19.1 Å². The molecule has 0 amide bonds. The number of rotatable bonds is 3. The summed E-state index contributed by atoms with van der Waals surface area (Å²) in [5.74, 6) is 0. The van der Waals surface area contributed by atoms with Crippen molar-refractivity contribution < 1.29 is 8.42 Å². The Morgan fingerprint density at radius 1 is 1.04 bits per heavy atom. The highest BCUT2D eigenvalue weighted by atomic mass is 32.2. The number of nitrogens with zero attached hydrogens (tertiary/aromatic N) is 3. The van der Waals surface area contributed by atoms with Crippen LogP contribution in [0.5, 0.6) is 0 Å². The van der Waals surface area contributed by atoms with Gasteiger partial charge in [-0.3, -0.25) is 0 Å². The minimum atomic E-state index is -3.44. The SMILES string of the molecule is C[C@@H]1CCCCN1S(=O)(=O)N1CCCC[C@H]1c1nc2ccccc2s1. The Labute approximate surface area is 153 Å². The average molecular weight is 380 g/mol. The van der Waals surface area contributed by atoms with Gasteiger partial charge < -0.3 is 0 Å². The summed E-state index contributed by atoms with van der Waals surface area (Å²) in [5, 5.41) is 0.939. The molecular weight excluding hydrogens is 354 g/mol. The number of fused-ring (bicyclic) bond motifs is 1. The molecule has 0 unspecified atom stereocenters. The van der Waals surface area contributed by atoms with Crippen LogP contribution in [-0.4, -0.2) is 41.1 Å². The molecule has 0 saturated carbocycles. The Morgan fingerprint density at radius 3 is 2.52 bits per heavy atom. The van der Waals surface area contributed by atoms with E-state index in [9.17, 15) is 8.42 Å².